The fraction of sp³-hybridized carbons (Fsp3) is 0.105. The van der Waals surface area contributed by atoms with E-state index in [4.69, 9.17) is 11.6 Å². The van der Waals surface area contributed by atoms with Crippen molar-refractivity contribution in [2.75, 3.05) is 19.0 Å². The minimum absolute atomic E-state index is 0.569. The second-order valence-electron chi connectivity index (χ2n) is 5.95. The van der Waals surface area contributed by atoms with Gasteiger partial charge >= 0.3 is 0 Å². The van der Waals surface area contributed by atoms with E-state index in [-0.39, 0.29) is 0 Å². The van der Waals surface area contributed by atoms with E-state index in [1.165, 1.54) is 6.33 Å². The first-order valence-corrected chi connectivity index (χ1v) is 8.24. The lowest BCUT2D eigenvalue weighted by molar-refractivity contribution is 0.949. The van der Waals surface area contributed by atoms with Crippen LogP contribution in [-0.2, 0) is 0 Å². The largest absolute Gasteiger partial charge is 0.378 e. The lowest BCUT2D eigenvalue weighted by Gasteiger charge is -2.13. The van der Waals surface area contributed by atoms with Crippen LogP contribution in [0.4, 0.5) is 5.69 Å². The van der Waals surface area contributed by atoms with Crippen LogP contribution in [-0.4, -0.2) is 33.7 Å². The van der Waals surface area contributed by atoms with Crippen LogP contribution in [0.2, 0.25) is 5.02 Å². The molecule has 0 fully saturated rings. The second kappa shape index (κ2) is 6.18. The summed E-state index contributed by atoms with van der Waals surface area (Å²) in [6.45, 7) is 0. The maximum atomic E-state index is 5.99. The zero-order valence-electron chi connectivity index (χ0n) is 13.9. The summed E-state index contributed by atoms with van der Waals surface area (Å²) in [6.07, 6.45) is 1.52. The number of rotatable bonds is 3. The van der Waals surface area contributed by atoms with E-state index < -0.39 is 0 Å². The van der Waals surface area contributed by atoms with Gasteiger partial charge in [0.2, 0.25) is 0 Å². The molecule has 0 N–H and O–H groups in total. The molecule has 5 nitrogen and oxygen atoms in total. The highest BCUT2D eigenvalue weighted by atomic mass is 35.5. The molecule has 0 bridgehead atoms. The SMILES string of the molecule is CN(C)c1ccc(-c2cc(-c3ccc(Cl)cc3)nc3ncnn23)cc1. The fourth-order valence-electron chi connectivity index (χ4n) is 2.72. The number of fused-ring (bicyclic) bond motifs is 1. The number of hydrogen-bond acceptors (Lipinski definition) is 4. The molecule has 0 aliphatic carbocycles. The van der Waals surface area contributed by atoms with Gasteiger partial charge in [0.05, 0.1) is 11.4 Å². The molecule has 0 atom stereocenters. The summed E-state index contributed by atoms with van der Waals surface area (Å²) in [6, 6.07) is 18.0. The van der Waals surface area contributed by atoms with Crippen molar-refractivity contribution in [2.24, 2.45) is 0 Å². The average molecular weight is 350 g/mol. The number of nitrogens with zero attached hydrogens (tertiary/aromatic N) is 5. The molecule has 6 heteroatoms. The first-order valence-electron chi connectivity index (χ1n) is 7.86. The first kappa shape index (κ1) is 15.6. The Morgan fingerprint density at radius 1 is 0.920 bits per heavy atom. The molecule has 2 aromatic heterocycles. The van der Waals surface area contributed by atoms with Gasteiger partial charge in [-0.25, -0.2) is 4.98 Å². The van der Waals surface area contributed by atoms with Crippen molar-refractivity contribution in [3.05, 3.63) is 65.9 Å². The molecule has 2 aromatic carbocycles. The maximum Gasteiger partial charge on any atom is 0.253 e. The molecular weight excluding hydrogens is 334 g/mol. The van der Waals surface area contributed by atoms with Gasteiger partial charge < -0.3 is 4.90 Å². The Morgan fingerprint density at radius 3 is 2.28 bits per heavy atom. The smallest absolute Gasteiger partial charge is 0.253 e. The Kier molecular flexibility index (Phi) is 3.86. The van der Waals surface area contributed by atoms with E-state index in [2.05, 4.69) is 44.2 Å². The van der Waals surface area contributed by atoms with Crippen LogP contribution >= 0.6 is 11.6 Å². The number of aromatic nitrogens is 4. The van der Waals surface area contributed by atoms with Gasteiger partial charge in [0.25, 0.3) is 5.78 Å². The molecule has 0 aliphatic heterocycles. The van der Waals surface area contributed by atoms with Crippen LogP contribution in [0.15, 0.2) is 60.9 Å². The second-order valence-corrected chi connectivity index (χ2v) is 6.38. The zero-order valence-corrected chi connectivity index (χ0v) is 14.6. The normalized spacial score (nSPS) is 11.0. The molecule has 25 heavy (non-hydrogen) atoms. The fourth-order valence-corrected chi connectivity index (χ4v) is 2.84. The molecule has 0 aliphatic rings. The quantitative estimate of drug-likeness (QED) is 0.556. The highest BCUT2D eigenvalue weighted by Crippen LogP contribution is 2.27. The lowest BCUT2D eigenvalue weighted by Crippen LogP contribution is -2.08. The third-order valence-electron chi connectivity index (χ3n) is 4.07. The number of anilines is 1. The highest BCUT2D eigenvalue weighted by Gasteiger charge is 2.11. The van der Waals surface area contributed by atoms with Crippen molar-refractivity contribution in [2.45, 2.75) is 0 Å². The average Bonchev–Trinajstić information content (AvgIpc) is 3.10. The number of benzene rings is 2. The van der Waals surface area contributed by atoms with Gasteiger partial charge in [-0.05, 0) is 30.3 Å². The predicted octanol–water partition coefficient (Wildman–Crippen LogP) is 4.18. The summed E-state index contributed by atoms with van der Waals surface area (Å²) < 4.78 is 1.75. The minimum atomic E-state index is 0.569. The first-order chi connectivity index (χ1) is 12.1. The van der Waals surface area contributed by atoms with Gasteiger partial charge in [0.1, 0.15) is 6.33 Å². The van der Waals surface area contributed by atoms with E-state index in [0.717, 1.165) is 28.2 Å². The van der Waals surface area contributed by atoms with Crippen molar-refractivity contribution in [1.29, 1.82) is 0 Å². The number of halogens is 1. The van der Waals surface area contributed by atoms with Crippen LogP contribution in [0, 0.1) is 0 Å². The van der Waals surface area contributed by atoms with Crippen LogP contribution in [0.25, 0.3) is 28.3 Å². The molecule has 0 saturated heterocycles. The van der Waals surface area contributed by atoms with E-state index in [9.17, 15) is 0 Å². The molecule has 2 heterocycles. The summed E-state index contributed by atoms with van der Waals surface area (Å²) >= 11 is 5.99. The standard InChI is InChI=1S/C19H16ClN5/c1-24(2)16-9-5-14(6-10-16)18-11-17(13-3-7-15(20)8-4-13)23-19-21-12-22-25(18)19/h3-12H,1-2H3. The molecule has 0 spiro atoms. The third kappa shape index (κ3) is 2.94. The van der Waals surface area contributed by atoms with Gasteiger partial charge in [-0.2, -0.15) is 14.6 Å². The van der Waals surface area contributed by atoms with Crippen molar-refractivity contribution in [3.63, 3.8) is 0 Å². The lowest BCUT2D eigenvalue weighted by atomic mass is 10.1. The summed E-state index contributed by atoms with van der Waals surface area (Å²) in [7, 11) is 4.05. The molecule has 124 valence electrons. The van der Waals surface area contributed by atoms with Crippen molar-refractivity contribution in [3.8, 4) is 22.5 Å². The van der Waals surface area contributed by atoms with Gasteiger partial charge in [-0.1, -0.05) is 35.9 Å². The molecule has 0 unspecified atom stereocenters. The predicted molar refractivity (Wildman–Crippen MR) is 101 cm³/mol. The van der Waals surface area contributed by atoms with E-state index in [1.54, 1.807) is 4.52 Å². The molecule has 0 radical (unpaired) electrons. The van der Waals surface area contributed by atoms with Crippen LogP contribution in [0.3, 0.4) is 0 Å². The molecule has 0 amide bonds. The molecule has 4 aromatic rings. The Balaban J connectivity index is 1.87. The van der Waals surface area contributed by atoms with Crippen LogP contribution < -0.4 is 4.90 Å². The topological polar surface area (TPSA) is 46.3 Å². The summed E-state index contributed by atoms with van der Waals surface area (Å²) in [4.78, 5) is 10.9. The van der Waals surface area contributed by atoms with Crippen molar-refractivity contribution >= 4 is 23.1 Å². The Hall–Kier alpha value is -2.92. The van der Waals surface area contributed by atoms with Crippen LogP contribution in [0.1, 0.15) is 0 Å². The van der Waals surface area contributed by atoms with Crippen molar-refractivity contribution < 1.29 is 0 Å². The van der Waals surface area contributed by atoms with Crippen molar-refractivity contribution in [1.82, 2.24) is 19.6 Å². The van der Waals surface area contributed by atoms with E-state index in [0.29, 0.717) is 10.8 Å². The molecule has 0 saturated carbocycles. The number of hydrogen-bond donors (Lipinski definition) is 0. The maximum absolute atomic E-state index is 5.99. The van der Waals surface area contributed by atoms with E-state index in [1.807, 2.05) is 44.4 Å². The van der Waals surface area contributed by atoms with Gasteiger partial charge in [0.15, 0.2) is 0 Å². The summed E-state index contributed by atoms with van der Waals surface area (Å²) in [5.41, 5.74) is 4.96. The molecular formula is C19H16ClN5. The van der Waals surface area contributed by atoms with Crippen LogP contribution in [0.5, 0.6) is 0 Å². The third-order valence-corrected chi connectivity index (χ3v) is 4.32. The Bertz CT molecular complexity index is 1020. The van der Waals surface area contributed by atoms with E-state index >= 15 is 0 Å². The Morgan fingerprint density at radius 2 is 1.60 bits per heavy atom. The van der Waals surface area contributed by atoms with Gasteiger partial charge in [-0.3, -0.25) is 0 Å². The molecule has 4 rings (SSSR count). The monoisotopic (exact) mass is 349 g/mol. The van der Waals surface area contributed by atoms with Gasteiger partial charge in [-0.15, -0.1) is 0 Å². The van der Waals surface area contributed by atoms with Gasteiger partial charge in [0, 0.05) is 35.9 Å². The zero-order chi connectivity index (χ0) is 17.4. The Labute approximate surface area is 150 Å². The summed E-state index contributed by atoms with van der Waals surface area (Å²) in [5, 5.41) is 5.01. The minimum Gasteiger partial charge on any atom is -0.378 e. The summed E-state index contributed by atoms with van der Waals surface area (Å²) in [5.74, 6) is 0.569. The highest BCUT2D eigenvalue weighted by molar-refractivity contribution is 6.30.